The summed E-state index contributed by atoms with van der Waals surface area (Å²) in [6.45, 7) is 5.24. The second-order valence-corrected chi connectivity index (χ2v) is 8.37. The first-order chi connectivity index (χ1) is 16.0. The first-order valence-electron chi connectivity index (χ1n) is 11.0. The van der Waals surface area contributed by atoms with Crippen molar-refractivity contribution in [1.29, 1.82) is 0 Å². The molecule has 0 unspecified atom stereocenters. The predicted molar refractivity (Wildman–Crippen MR) is 125 cm³/mol. The van der Waals surface area contributed by atoms with E-state index in [4.69, 9.17) is 16.4 Å². The minimum Gasteiger partial charge on any atom is -0.457 e. The number of hydrazone groups is 1. The van der Waals surface area contributed by atoms with Gasteiger partial charge >= 0.3 is 5.97 Å². The first-order valence-corrected chi connectivity index (χ1v) is 11.0. The van der Waals surface area contributed by atoms with Crippen LogP contribution in [0.5, 0.6) is 0 Å². The molecule has 1 aromatic heterocycles. The maximum absolute atomic E-state index is 12.6. The number of aromatic nitrogens is 1. The van der Waals surface area contributed by atoms with E-state index in [0.29, 0.717) is 23.6 Å². The number of piperidine rings is 1. The number of fused-ring (bicyclic) bond motifs is 1. The standard InChI is InChI=1S/C23H29N7O3/c1-15-16(2-4-19-20(15)13-33-23(19)32)6-9-29-10-7-18(8-11-29)28-22(31)17-3-5-21(26-12-17)30(25)14-27-24/h2-5,12,14,18H,6-11,13,24-25H2,1H3,(H,28,31)/b27-14-. The summed E-state index contributed by atoms with van der Waals surface area (Å²) in [5, 5.41) is 7.62. The molecule has 1 aromatic carbocycles. The van der Waals surface area contributed by atoms with E-state index in [1.165, 1.54) is 23.1 Å². The Morgan fingerprint density at radius 2 is 2.12 bits per heavy atom. The molecule has 5 N–H and O–H groups in total. The largest absolute Gasteiger partial charge is 0.457 e. The molecule has 0 saturated carbocycles. The number of nitrogens with one attached hydrogen (secondary N) is 1. The van der Waals surface area contributed by atoms with Crippen LogP contribution in [-0.4, -0.2) is 53.8 Å². The molecule has 0 radical (unpaired) electrons. The topological polar surface area (TPSA) is 139 Å². The van der Waals surface area contributed by atoms with Crippen LogP contribution in [0.2, 0.25) is 0 Å². The molecule has 1 fully saturated rings. The van der Waals surface area contributed by atoms with Crippen LogP contribution in [0, 0.1) is 6.92 Å². The van der Waals surface area contributed by atoms with E-state index in [-0.39, 0.29) is 17.9 Å². The fraction of sp³-hybridized carbons (Fsp3) is 0.391. The Balaban J connectivity index is 1.24. The number of carbonyl (C=O) groups is 2. The Labute approximate surface area is 192 Å². The Kier molecular flexibility index (Phi) is 6.85. The van der Waals surface area contributed by atoms with Gasteiger partial charge in [-0.3, -0.25) is 4.79 Å². The van der Waals surface area contributed by atoms with Gasteiger partial charge in [-0.2, -0.15) is 5.10 Å². The molecule has 2 aliphatic rings. The van der Waals surface area contributed by atoms with E-state index in [1.807, 2.05) is 12.1 Å². The number of hydrogen-bond acceptors (Lipinski definition) is 8. The second kappa shape index (κ2) is 9.97. The number of hydrazine groups is 1. The number of esters is 1. The SMILES string of the molecule is Cc1c(CCN2CCC(NC(=O)c3ccc(N(N)/C=N\N)nc3)CC2)ccc2c1COC2=O. The zero-order chi connectivity index (χ0) is 23.4. The third-order valence-electron chi connectivity index (χ3n) is 6.36. The highest BCUT2D eigenvalue weighted by molar-refractivity contribution is 5.94. The van der Waals surface area contributed by atoms with Gasteiger partial charge in [0.1, 0.15) is 18.8 Å². The molecule has 174 valence electrons. The lowest BCUT2D eigenvalue weighted by molar-refractivity contribution is 0.0534. The summed E-state index contributed by atoms with van der Waals surface area (Å²) >= 11 is 0. The average Bonchev–Trinajstić information content (AvgIpc) is 3.21. The van der Waals surface area contributed by atoms with E-state index in [1.54, 1.807) is 12.1 Å². The van der Waals surface area contributed by atoms with Gasteiger partial charge in [0.25, 0.3) is 5.91 Å². The quantitative estimate of drug-likeness (QED) is 0.187. The number of nitrogens with zero attached hydrogens (tertiary/aromatic N) is 4. The summed E-state index contributed by atoms with van der Waals surface area (Å²) in [5.41, 5.74) is 4.62. The molecule has 0 aliphatic carbocycles. The van der Waals surface area contributed by atoms with Crippen LogP contribution >= 0.6 is 0 Å². The van der Waals surface area contributed by atoms with Gasteiger partial charge in [0, 0.05) is 37.4 Å². The lowest BCUT2D eigenvalue weighted by Gasteiger charge is -2.32. The van der Waals surface area contributed by atoms with Crippen molar-refractivity contribution in [1.82, 2.24) is 15.2 Å². The van der Waals surface area contributed by atoms with E-state index in [9.17, 15) is 9.59 Å². The molecule has 1 saturated heterocycles. The number of likely N-dealkylation sites (tertiary alicyclic amines) is 1. The normalized spacial score (nSPS) is 16.6. The lowest BCUT2D eigenvalue weighted by Crippen LogP contribution is -2.45. The summed E-state index contributed by atoms with van der Waals surface area (Å²) in [4.78, 5) is 30.9. The van der Waals surface area contributed by atoms with Crippen LogP contribution in [-0.2, 0) is 17.8 Å². The van der Waals surface area contributed by atoms with Crippen LogP contribution in [0.1, 0.15) is 50.2 Å². The first kappa shape index (κ1) is 22.7. The van der Waals surface area contributed by atoms with Crippen molar-refractivity contribution in [3.05, 3.63) is 58.3 Å². The summed E-state index contributed by atoms with van der Waals surface area (Å²) in [6, 6.07) is 7.37. The molecular formula is C23H29N7O3. The smallest absolute Gasteiger partial charge is 0.338 e. The second-order valence-electron chi connectivity index (χ2n) is 8.37. The molecule has 10 heteroatoms. The van der Waals surface area contributed by atoms with Gasteiger partial charge in [-0.1, -0.05) is 6.07 Å². The van der Waals surface area contributed by atoms with Crippen LogP contribution in [0.4, 0.5) is 5.82 Å². The van der Waals surface area contributed by atoms with E-state index >= 15 is 0 Å². The number of ether oxygens (including phenoxy) is 1. The maximum atomic E-state index is 12.6. The van der Waals surface area contributed by atoms with E-state index < -0.39 is 0 Å². The average molecular weight is 452 g/mol. The third-order valence-corrected chi connectivity index (χ3v) is 6.36. The Morgan fingerprint density at radius 3 is 2.82 bits per heavy atom. The lowest BCUT2D eigenvalue weighted by atomic mass is 9.96. The van der Waals surface area contributed by atoms with Crippen molar-refractivity contribution in [2.45, 2.75) is 38.8 Å². The van der Waals surface area contributed by atoms with Crippen LogP contribution < -0.4 is 22.0 Å². The predicted octanol–water partition coefficient (Wildman–Crippen LogP) is 1.08. The highest BCUT2D eigenvalue weighted by atomic mass is 16.5. The summed E-state index contributed by atoms with van der Waals surface area (Å²) in [5.74, 6) is 10.9. The molecule has 0 atom stereocenters. The number of nitrogens with two attached hydrogens (primary N) is 2. The molecule has 2 aliphatic heterocycles. The Morgan fingerprint density at radius 1 is 1.33 bits per heavy atom. The number of anilines is 1. The van der Waals surface area contributed by atoms with Crippen molar-refractivity contribution >= 4 is 24.0 Å². The Bertz CT molecular complexity index is 1050. The zero-order valence-corrected chi connectivity index (χ0v) is 18.7. The van der Waals surface area contributed by atoms with Gasteiger partial charge in [0.2, 0.25) is 0 Å². The van der Waals surface area contributed by atoms with Gasteiger partial charge in [-0.15, -0.1) is 0 Å². The molecule has 33 heavy (non-hydrogen) atoms. The number of amides is 1. The van der Waals surface area contributed by atoms with Gasteiger partial charge in [-0.05, 0) is 55.5 Å². The van der Waals surface area contributed by atoms with Gasteiger partial charge in [-0.25, -0.2) is 20.6 Å². The van der Waals surface area contributed by atoms with Crippen molar-refractivity contribution in [3.63, 3.8) is 0 Å². The molecule has 3 heterocycles. The van der Waals surface area contributed by atoms with Crippen molar-refractivity contribution < 1.29 is 14.3 Å². The van der Waals surface area contributed by atoms with Gasteiger partial charge in [0.15, 0.2) is 0 Å². The number of carbonyl (C=O) groups excluding carboxylic acids is 2. The number of hydrogen-bond donors (Lipinski definition) is 3. The maximum Gasteiger partial charge on any atom is 0.338 e. The van der Waals surface area contributed by atoms with Crippen molar-refractivity contribution in [3.8, 4) is 0 Å². The molecule has 2 aromatic rings. The van der Waals surface area contributed by atoms with Crippen LogP contribution in [0.25, 0.3) is 0 Å². The van der Waals surface area contributed by atoms with Crippen LogP contribution in [0.3, 0.4) is 0 Å². The molecule has 1 amide bonds. The fourth-order valence-electron chi connectivity index (χ4n) is 4.32. The van der Waals surface area contributed by atoms with Gasteiger partial charge < -0.3 is 20.8 Å². The number of benzene rings is 1. The number of rotatable bonds is 7. The number of cyclic esters (lactones) is 1. The van der Waals surface area contributed by atoms with Crippen LogP contribution in [0.15, 0.2) is 35.6 Å². The number of pyridine rings is 1. The zero-order valence-electron chi connectivity index (χ0n) is 18.7. The minimum atomic E-state index is -0.224. The summed E-state index contributed by atoms with van der Waals surface area (Å²) < 4.78 is 5.15. The monoisotopic (exact) mass is 451 g/mol. The molecule has 4 rings (SSSR count). The Hall–Kier alpha value is -3.50. The molecular weight excluding hydrogens is 422 g/mol. The molecule has 0 spiro atoms. The highest BCUT2D eigenvalue weighted by Gasteiger charge is 2.25. The van der Waals surface area contributed by atoms with E-state index in [2.05, 4.69) is 27.2 Å². The minimum absolute atomic E-state index is 0.133. The molecule has 0 bridgehead atoms. The van der Waals surface area contributed by atoms with E-state index in [0.717, 1.165) is 50.0 Å². The third kappa shape index (κ3) is 5.12. The summed E-state index contributed by atoms with van der Waals surface area (Å²) in [7, 11) is 0. The molecule has 10 nitrogen and oxygen atoms in total. The van der Waals surface area contributed by atoms with Crippen molar-refractivity contribution in [2.24, 2.45) is 16.8 Å². The van der Waals surface area contributed by atoms with Crippen molar-refractivity contribution in [2.75, 3.05) is 24.6 Å². The summed E-state index contributed by atoms with van der Waals surface area (Å²) in [6.07, 6.45) is 5.44. The fourth-order valence-corrected chi connectivity index (χ4v) is 4.32. The highest BCUT2D eigenvalue weighted by Crippen LogP contribution is 2.26. The van der Waals surface area contributed by atoms with Gasteiger partial charge in [0.05, 0.1) is 11.1 Å².